The van der Waals surface area contributed by atoms with Gasteiger partial charge in [0.1, 0.15) is 12.2 Å². The van der Waals surface area contributed by atoms with Crippen molar-refractivity contribution in [2.24, 2.45) is 7.05 Å². The zero-order valence-electron chi connectivity index (χ0n) is 10.8. The summed E-state index contributed by atoms with van der Waals surface area (Å²) < 4.78 is 2.92. The second-order valence-corrected chi connectivity index (χ2v) is 5.32. The number of likely N-dealkylation sites (N-methyl/N-ethyl adjacent to an activating group) is 1. The molecule has 18 heavy (non-hydrogen) atoms. The van der Waals surface area contributed by atoms with Gasteiger partial charge in [0.15, 0.2) is 0 Å². The summed E-state index contributed by atoms with van der Waals surface area (Å²) in [6.45, 7) is 2.10. The molecule has 0 aliphatic heterocycles. The molecule has 0 fully saturated rings. The maximum atomic E-state index is 4.27. The van der Waals surface area contributed by atoms with Gasteiger partial charge in [-0.3, -0.25) is 4.68 Å². The lowest BCUT2D eigenvalue weighted by Gasteiger charge is -2.17. The third-order valence-electron chi connectivity index (χ3n) is 3.01. The molecule has 0 saturated heterocycles. The van der Waals surface area contributed by atoms with Crippen LogP contribution in [0.3, 0.4) is 0 Å². The van der Waals surface area contributed by atoms with Crippen molar-refractivity contribution < 1.29 is 0 Å². The Morgan fingerprint density at radius 3 is 2.72 bits per heavy atom. The topological polar surface area (TPSA) is 42.7 Å². The Morgan fingerprint density at radius 1 is 1.39 bits per heavy atom. The predicted octanol–water partition coefficient (Wildman–Crippen LogP) is 2.39. The van der Waals surface area contributed by atoms with Gasteiger partial charge in [0.2, 0.25) is 0 Å². The van der Waals surface area contributed by atoms with E-state index in [9.17, 15) is 0 Å². The average molecular weight is 309 g/mol. The van der Waals surface area contributed by atoms with E-state index in [1.165, 1.54) is 11.1 Å². The largest absolute Gasteiger partial charge is 0.313 e. The summed E-state index contributed by atoms with van der Waals surface area (Å²) in [5.41, 5.74) is 2.50. The van der Waals surface area contributed by atoms with Crippen LogP contribution in [0.1, 0.15) is 23.0 Å². The van der Waals surface area contributed by atoms with Crippen LogP contribution in [0.25, 0.3) is 0 Å². The second kappa shape index (κ2) is 5.63. The van der Waals surface area contributed by atoms with E-state index < -0.39 is 0 Å². The van der Waals surface area contributed by atoms with Gasteiger partial charge in [0, 0.05) is 24.0 Å². The van der Waals surface area contributed by atoms with Gasteiger partial charge in [-0.15, -0.1) is 0 Å². The number of nitrogens with zero attached hydrogens (tertiary/aromatic N) is 3. The molecule has 0 spiro atoms. The fourth-order valence-electron chi connectivity index (χ4n) is 2.04. The van der Waals surface area contributed by atoms with Crippen molar-refractivity contribution in [3.63, 3.8) is 0 Å². The van der Waals surface area contributed by atoms with Crippen LogP contribution in [0.4, 0.5) is 0 Å². The highest BCUT2D eigenvalue weighted by Gasteiger charge is 2.14. The van der Waals surface area contributed by atoms with Crippen molar-refractivity contribution in [2.45, 2.75) is 19.4 Å². The number of hydrogen-bond acceptors (Lipinski definition) is 3. The van der Waals surface area contributed by atoms with Crippen molar-refractivity contribution in [3.8, 4) is 0 Å². The number of hydrogen-bond donors (Lipinski definition) is 1. The molecule has 4 nitrogen and oxygen atoms in total. The molecule has 1 atom stereocenters. The normalized spacial score (nSPS) is 12.7. The molecular formula is C13H17BrN4. The number of rotatable bonds is 4. The van der Waals surface area contributed by atoms with Crippen LogP contribution in [0.15, 0.2) is 29.0 Å². The second-order valence-electron chi connectivity index (χ2n) is 4.41. The van der Waals surface area contributed by atoms with Gasteiger partial charge >= 0.3 is 0 Å². The lowest BCUT2D eigenvalue weighted by atomic mass is 10.0. The Labute approximate surface area is 116 Å². The van der Waals surface area contributed by atoms with Gasteiger partial charge < -0.3 is 5.32 Å². The molecule has 0 radical (unpaired) electrons. The van der Waals surface area contributed by atoms with Crippen molar-refractivity contribution >= 4 is 15.9 Å². The highest BCUT2D eigenvalue weighted by molar-refractivity contribution is 9.10. The number of nitrogens with one attached hydrogen (secondary N) is 1. The third-order valence-corrected chi connectivity index (χ3v) is 3.46. The standard InChI is InChI=1S/C13H17BrN4/c1-9-4-10(6-11(14)5-9)12(15-2)7-13-16-8-17-18(13)3/h4-6,8,12,15H,7H2,1-3H3. The minimum Gasteiger partial charge on any atom is -0.313 e. The summed E-state index contributed by atoms with van der Waals surface area (Å²) in [4.78, 5) is 4.27. The molecule has 0 saturated carbocycles. The molecule has 1 N–H and O–H groups in total. The van der Waals surface area contributed by atoms with Crippen molar-refractivity contribution in [1.29, 1.82) is 0 Å². The Hall–Kier alpha value is -1.20. The van der Waals surface area contributed by atoms with Gasteiger partial charge in [-0.1, -0.05) is 22.0 Å². The average Bonchev–Trinajstić information content (AvgIpc) is 2.70. The van der Waals surface area contributed by atoms with Gasteiger partial charge in [-0.05, 0) is 37.2 Å². The summed E-state index contributed by atoms with van der Waals surface area (Å²) in [6, 6.07) is 6.69. The number of aryl methyl sites for hydroxylation is 2. The molecule has 2 rings (SSSR count). The van der Waals surface area contributed by atoms with Crippen molar-refractivity contribution in [2.75, 3.05) is 7.05 Å². The summed E-state index contributed by atoms with van der Waals surface area (Å²) in [5.74, 6) is 0.979. The quantitative estimate of drug-likeness (QED) is 0.943. The Balaban J connectivity index is 2.25. The van der Waals surface area contributed by atoms with Gasteiger partial charge in [0.25, 0.3) is 0 Å². The first-order chi connectivity index (χ1) is 8.60. The summed E-state index contributed by atoms with van der Waals surface area (Å²) in [6.07, 6.45) is 2.41. The zero-order chi connectivity index (χ0) is 13.1. The fraction of sp³-hybridized carbons (Fsp3) is 0.385. The highest BCUT2D eigenvalue weighted by Crippen LogP contribution is 2.22. The highest BCUT2D eigenvalue weighted by atomic mass is 79.9. The Bertz CT molecular complexity index is 515. The molecule has 96 valence electrons. The van der Waals surface area contributed by atoms with E-state index in [0.717, 1.165) is 16.7 Å². The fourth-order valence-corrected chi connectivity index (χ4v) is 2.67. The van der Waals surface area contributed by atoms with Crippen LogP contribution in [0.2, 0.25) is 0 Å². The molecule has 1 heterocycles. The first-order valence-corrected chi connectivity index (χ1v) is 6.66. The molecule has 5 heteroatoms. The molecule has 1 unspecified atom stereocenters. The summed E-state index contributed by atoms with van der Waals surface area (Å²) in [5, 5.41) is 7.44. The number of aromatic nitrogens is 3. The van der Waals surface area contributed by atoms with E-state index in [4.69, 9.17) is 0 Å². The van der Waals surface area contributed by atoms with Crippen molar-refractivity contribution in [3.05, 3.63) is 46.0 Å². The zero-order valence-corrected chi connectivity index (χ0v) is 12.4. The molecule has 1 aromatic carbocycles. The molecule has 1 aromatic heterocycles. The summed E-state index contributed by atoms with van der Waals surface area (Å²) >= 11 is 3.54. The third kappa shape index (κ3) is 2.97. The Morgan fingerprint density at radius 2 is 2.17 bits per heavy atom. The number of benzene rings is 1. The number of halogens is 1. The van der Waals surface area contributed by atoms with Crippen LogP contribution in [0.5, 0.6) is 0 Å². The molecular weight excluding hydrogens is 292 g/mol. The lowest BCUT2D eigenvalue weighted by Crippen LogP contribution is -2.20. The van der Waals surface area contributed by atoms with Crippen LogP contribution < -0.4 is 5.32 Å². The van der Waals surface area contributed by atoms with Crippen LogP contribution in [-0.4, -0.2) is 21.8 Å². The minimum atomic E-state index is 0.240. The predicted molar refractivity (Wildman–Crippen MR) is 75.4 cm³/mol. The van der Waals surface area contributed by atoms with E-state index in [1.54, 1.807) is 6.33 Å². The van der Waals surface area contributed by atoms with E-state index in [1.807, 2.05) is 18.8 Å². The molecule has 0 bridgehead atoms. The maximum absolute atomic E-state index is 4.27. The lowest BCUT2D eigenvalue weighted by molar-refractivity contribution is 0.553. The monoisotopic (exact) mass is 308 g/mol. The van der Waals surface area contributed by atoms with E-state index in [0.29, 0.717) is 0 Å². The van der Waals surface area contributed by atoms with E-state index in [2.05, 4.69) is 56.5 Å². The molecule has 2 aromatic rings. The van der Waals surface area contributed by atoms with E-state index >= 15 is 0 Å². The van der Waals surface area contributed by atoms with Gasteiger partial charge in [-0.2, -0.15) is 5.10 Å². The summed E-state index contributed by atoms with van der Waals surface area (Å²) in [7, 11) is 3.89. The van der Waals surface area contributed by atoms with Crippen LogP contribution in [-0.2, 0) is 13.5 Å². The minimum absolute atomic E-state index is 0.240. The van der Waals surface area contributed by atoms with Crippen LogP contribution >= 0.6 is 15.9 Å². The Kier molecular flexibility index (Phi) is 4.14. The van der Waals surface area contributed by atoms with Gasteiger partial charge in [0.05, 0.1) is 0 Å². The molecule has 0 amide bonds. The smallest absolute Gasteiger partial charge is 0.138 e. The molecule has 0 aliphatic rings. The van der Waals surface area contributed by atoms with Gasteiger partial charge in [-0.25, -0.2) is 4.98 Å². The van der Waals surface area contributed by atoms with Crippen LogP contribution in [0, 0.1) is 6.92 Å². The molecule has 0 aliphatic carbocycles. The van der Waals surface area contributed by atoms with Crippen molar-refractivity contribution in [1.82, 2.24) is 20.1 Å². The maximum Gasteiger partial charge on any atom is 0.138 e. The SMILES string of the molecule is CNC(Cc1ncnn1C)c1cc(C)cc(Br)c1. The van der Waals surface area contributed by atoms with E-state index in [-0.39, 0.29) is 6.04 Å². The first-order valence-electron chi connectivity index (χ1n) is 5.87. The first kappa shape index (κ1) is 13.2.